The summed E-state index contributed by atoms with van der Waals surface area (Å²) >= 11 is 0. The second-order valence-corrected chi connectivity index (χ2v) is 5.76. The molecule has 0 fully saturated rings. The van der Waals surface area contributed by atoms with Crippen LogP contribution in [0.15, 0.2) is 59.5 Å². The molecule has 0 saturated carbocycles. The number of hydrogen-bond acceptors (Lipinski definition) is 4. The monoisotopic (exact) mass is 287 g/mol. The molecule has 0 spiro atoms. The van der Waals surface area contributed by atoms with Crippen LogP contribution in [0.1, 0.15) is 11.1 Å². The van der Waals surface area contributed by atoms with E-state index in [0.717, 1.165) is 5.56 Å². The van der Waals surface area contributed by atoms with Crippen molar-refractivity contribution in [2.24, 2.45) is 0 Å². The lowest BCUT2D eigenvalue weighted by molar-refractivity contribution is 0.322. The summed E-state index contributed by atoms with van der Waals surface area (Å²) in [4.78, 5) is 0.153. The first-order chi connectivity index (χ1) is 9.62. The minimum Gasteiger partial charge on any atom is -0.266 e. The molecule has 2 aromatic carbocycles. The molecule has 0 aromatic heterocycles. The Kier molecular flexibility index (Phi) is 4.51. The molecule has 5 heteroatoms. The van der Waals surface area contributed by atoms with E-state index in [9.17, 15) is 8.42 Å². The van der Waals surface area contributed by atoms with Crippen molar-refractivity contribution >= 4 is 10.1 Å². The zero-order valence-electron chi connectivity index (χ0n) is 10.7. The minimum absolute atomic E-state index is 0.0725. The molecule has 0 aliphatic heterocycles. The Hall–Kier alpha value is -2.16. The zero-order chi connectivity index (χ0) is 14.4. The third kappa shape index (κ3) is 3.67. The van der Waals surface area contributed by atoms with Gasteiger partial charge in [0.1, 0.15) is 0 Å². The zero-order valence-corrected chi connectivity index (χ0v) is 11.5. The fraction of sp³-hybridized carbons (Fsp3) is 0.133. The van der Waals surface area contributed by atoms with E-state index in [1.807, 2.05) is 6.07 Å². The number of nitrogens with zero attached hydrogens (tertiary/aromatic N) is 1. The molecule has 0 bridgehead atoms. The standard InChI is InChI=1S/C15H13NO3S/c16-12-14-8-6-13(7-9-14)10-11-19-20(17,18)15-4-2-1-3-5-15/h1-9H,10-11H2. The first-order valence-corrected chi connectivity index (χ1v) is 7.46. The summed E-state index contributed by atoms with van der Waals surface area (Å²) in [6.45, 7) is 0.0725. The van der Waals surface area contributed by atoms with Gasteiger partial charge in [0.15, 0.2) is 0 Å². The maximum absolute atomic E-state index is 11.9. The van der Waals surface area contributed by atoms with Crippen molar-refractivity contribution in [3.63, 3.8) is 0 Å². The van der Waals surface area contributed by atoms with Crippen molar-refractivity contribution in [1.82, 2.24) is 0 Å². The minimum atomic E-state index is -3.70. The highest BCUT2D eigenvalue weighted by molar-refractivity contribution is 7.86. The highest BCUT2D eigenvalue weighted by atomic mass is 32.2. The van der Waals surface area contributed by atoms with Crippen molar-refractivity contribution in [1.29, 1.82) is 5.26 Å². The van der Waals surface area contributed by atoms with Gasteiger partial charge >= 0.3 is 0 Å². The lowest BCUT2D eigenvalue weighted by Gasteiger charge is -2.05. The highest BCUT2D eigenvalue weighted by Crippen LogP contribution is 2.12. The van der Waals surface area contributed by atoms with Gasteiger partial charge in [-0.15, -0.1) is 0 Å². The molecular formula is C15H13NO3S. The van der Waals surface area contributed by atoms with Crippen molar-refractivity contribution < 1.29 is 12.6 Å². The summed E-state index contributed by atoms with van der Waals surface area (Å²) in [6.07, 6.45) is 0.470. The molecule has 0 aliphatic carbocycles. The third-order valence-corrected chi connectivity index (χ3v) is 4.07. The van der Waals surface area contributed by atoms with E-state index < -0.39 is 10.1 Å². The van der Waals surface area contributed by atoms with Gasteiger partial charge in [-0.2, -0.15) is 13.7 Å². The molecule has 0 saturated heterocycles. The quantitative estimate of drug-likeness (QED) is 0.792. The van der Waals surface area contributed by atoms with Gasteiger partial charge in [0.25, 0.3) is 10.1 Å². The average molecular weight is 287 g/mol. The summed E-state index contributed by atoms with van der Waals surface area (Å²) in [5.74, 6) is 0. The summed E-state index contributed by atoms with van der Waals surface area (Å²) < 4.78 is 28.7. The predicted octanol–water partition coefficient (Wildman–Crippen LogP) is 2.51. The molecule has 20 heavy (non-hydrogen) atoms. The fourth-order valence-corrected chi connectivity index (χ4v) is 2.60. The number of rotatable bonds is 5. The van der Waals surface area contributed by atoms with Gasteiger partial charge in [-0.1, -0.05) is 30.3 Å². The smallest absolute Gasteiger partial charge is 0.266 e. The molecule has 2 rings (SSSR count). The van der Waals surface area contributed by atoms with Crippen LogP contribution in [-0.4, -0.2) is 15.0 Å². The second-order valence-electron chi connectivity index (χ2n) is 4.15. The van der Waals surface area contributed by atoms with Crippen LogP contribution in [0, 0.1) is 11.3 Å². The van der Waals surface area contributed by atoms with Gasteiger partial charge in [-0.05, 0) is 36.2 Å². The van der Waals surface area contributed by atoms with Crippen molar-refractivity contribution in [2.45, 2.75) is 11.3 Å². The van der Waals surface area contributed by atoms with Crippen LogP contribution < -0.4 is 0 Å². The van der Waals surface area contributed by atoms with E-state index in [4.69, 9.17) is 9.44 Å². The van der Waals surface area contributed by atoms with Gasteiger partial charge in [-0.3, -0.25) is 4.18 Å². The maximum atomic E-state index is 11.9. The number of benzene rings is 2. The third-order valence-electron chi connectivity index (χ3n) is 2.74. The molecule has 0 amide bonds. The molecule has 0 atom stereocenters. The van der Waals surface area contributed by atoms with Crippen LogP contribution >= 0.6 is 0 Å². The summed E-state index contributed by atoms with van der Waals surface area (Å²) in [5.41, 5.74) is 1.50. The van der Waals surface area contributed by atoms with Gasteiger partial charge in [0, 0.05) is 0 Å². The van der Waals surface area contributed by atoms with Crippen LogP contribution in [0.2, 0.25) is 0 Å². The SMILES string of the molecule is N#Cc1ccc(CCOS(=O)(=O)c2ccccc2)cc1. The summed E-state index contributed by atoms with van der Waals surface area (Å²) in [5, 5.41) is 8.68. The Morgan fingerprint density at radius 2 is 1.65 bits per heavy atom. The Balaban J connectivity index is 1.94. The van der Waals surface area contributed by atoms with Crippen molar-refractivity contribution in [3.05, 3.63) is 65.7 Å². The van der Waals surface area contributed by atoms with Crippen LogP contribution in [0.3, 0.4) is 0 Å². The van der Waals surface area contributed by atoms with E-state index in [1.54, 1.807) is 42.5 Å². The summed E-state index contributed by atoms with van der Waals surface area (Å²) in [6, 6.07) is 17.0. The average Bonchev–Trinajstić information content (AvgIpc) is 2.49. The topological polar surface area (TPSA) is 67.2 Å². The molecule has 0 unspecified atom stereocenters. The molecular weight excluding hydrogens is 274 g/mol. The van der Waals surface area contributed by atoms with E-state index in [0.29, 0.717) is 12.0 Å². The van der Waals surface area contributed by atoms with Gasteiger partial charge in [0.2, 0.25) is 0 Å². The molecule has 0 N–H and O–H groups in total. The first-order valence-electron chi connectivity index (χ1n) is 6.05. The molecule has 0 aliphatic rings. The van der Waals surface area contributed by atoms with Crippen LogP contribution in [0.25, 0.3) is 0 Å². The number of nitriles is 1. The molecule has 0 radical (unpaired) electrons. The van der Waals surface area contributed by atoms with E-state index in [2.05, 4.69) is 0 Å². The Morgan fingerprint density at radius 3 is 2.25 bits per heavy atom. The first kappa shape index (κ1) is 14.3. The van der Waals surface area contributed by atoms with Gasteiger partial charge in [0.05, 0.1) is 23.1 Å². The van der Waals surface area contributed by atoms with E-state index in [1.165, 1.54) is 12.1 Å². The molecule has 0 heterocycles. The molecule has 2 aromatic rings. The van der Waals surface area contributed by atoms with Gasteiger partial charge < -0.3 is 0 Å². The Bertz CT molecular complexity index is 701. The fourth-order valence-electron chi connectivity index (χ4n) is 1.67. The largest absolute Gasteiger partial charge is 0.296 e. The predicted molar refractivity (Wildman–Crippen MR) is 74.4 cm³/mol. The maximum Gasteiger partial charge on any atom is 0.296 e. The van der Waals surface area contributed by atoms with Crippen LogP contribution in [0.5, 0.6) is 0 Å². The lowest BCUT2D eigenvalue weighted by atomic mass is 10.1. The highest BCUT2D eigenvalue weighted by Gasteiger charge is 2.13. The van der Waals surface area contributed by atoms with Gasteiger partial charge in [-0.25, -0.2) is 0 Å². The Labute approximate surface area is 118 Å². The summed E-state index contributed by atoms with van der Waals surface area (Å²) in [7, 11) is -3.70. The van der Waals surface area contributed by atoms with E-state index in [-0.39, 0.29) is 11.5 Å². The van der Waals surface area contributed by atoms with E-state index >= 15 is 0 Å². The van der Waals surface area contributed by atoms with Crippen molar-refractivity contribution in [3.8, 4) is 6.07 Å². The molecule has 4 nitrogen and oxygen atoms in total. The second kappa shape index (κ2) is 6.33. The number of hydrogen-bond donors (Lipinski definition) is 0. The lowest BCUT2D eigenvalue weighted by Crippen LogP contribution is -2.09. The van der Waals surface area contributed by atoms with Crippen LogP contribution in [-0.2, 0) is 20.7 Å². The van der Waals surface area contributed by atoms with Crippen LogP contribution in [0.4, 0.5) is 0 Å². The van der Waals surface area contributed by atoms with Crippen molar-refractivity contribution in [2.75, 3.05) is 6.61 Å². The normalized spacial score (nSPS) is 10.9. The Morgan fingerprint density at radius 1 is 1.00 bits per heavy atom. The molecule has 102 valence electrons.